The Hall–Kier alpha value is -2.12. The van der Waals surface area contributed by atoms with Gasteiger partial charge in [0, 0.05) is 4.88 Å². The number of hydrogen-bond donors (Lipinski definition) is 1. The highest BCUT2D eigenvalue weighted by molar-refractivity contribution is 7.17. The second-order valence-electron chi connectivity index (χ2n) is 4.78. The molecule has 0 aliphatic rings. The van der Waals surface area contributed by atoms with E-state index < -0.39 is 11.4 Å². The summed E-state index contributed by atoms with van der Waals surface area (Å²) in [5.41, 5.74) is 1.41. The van der Waals surface area contributed by atoms with Crippen molar-refractivity contribution in [2.24, 2.45) is 0 Å². The van der Waals surface area contributed by atoms with E-state index in [1.54, 1.807) is 12.1 Å². The first kappa shape index (κ1) is 13.3. The Morgan fingerprint density at radius 1 is 1.21 bits per heavy atom. The largest absolute Gasteiger partial charge is 0.477 e. The van der Waals surface area contributed by atoms with E-state index in [1.165, 1.54) is 11.3 Å². The van der Waals surface area contributed by atoms with E-state index in [0.717, 1.165) is 16.0 Å². The number of nitrogens with zero attached hydrogens (tertiary/aromatic N) is 1. The third-order valence-electron chi connectivity index (χ3n) is 2.99. The molecule has 1 aromatic carbocycles. The number of thiophene rings is 1. The standard InChI is InChI=1S/C15H13NO2S/c1-15(2,9-16)11-5-3-10(4-6-11)12-7-8-13(19-12)14(17)18/h3-8H,1-2H3,(H,17,18). The number of carbonyl (C=O) groups is 1. The van der Waals surface area contributed by atoms with Crippen LogP contribution in [-0.2, 0) is 5.41 Å². The van der Waals surface area contributed by atoms with Crippen LogP contribution in [0.3, 0.4) is 0 Å². The second kappa shape index (κ2) is 4.87. The molecule has 1 aromatic heterocycles. The Bertz CT molecular complexity index is 648. The molecule has 19 heavy (non-hydrogen) atoms. The molecule has 96 valence electrons. The molecule has 0 spiro atoms. The molecule has 4 heteroatoms. The Labute approximate surface area is 115 Å². The van der Waals surface area contributed by atoms with Crippen LogP contribution < -0.4 is 0 Å². The maximum atomic E-state index is 10.8. The topological polar surface area (TPSA) is 61.1 Å². The first-order chi connectivity index (χ1) is 8.94. The molecular formula is C15H13NO2S. The summed E-state index contributed by atoms with van der Waals surface area (Å²) in [7, 11) is 0. The van der Waals surface area contributed by atoms with Gasteiger partial charge in [0.1, 0.15) is 4.88 Å². The maximum Gasteiger partial charge on any atom is 0.345 e. The van der Waals surface area contributed by atoms with Crippen molar-refractivity contribution in [2.75, 3.05) is 0 Å². The van der Waals surface area contributed by atoms with E-state index in [1.807, 2.05) is 38.1 Å². The number of rotatable bonds is 3. The first-order valence-corrected chi connectivity index (χ1v) is 6.61. The van der Waals surface area contributed by atoms with E-state index in [2.05, 4.69) is 6.07 Å². The molecule has 0 fully saturated rings. The third-order valence-corrected chi connectivity index (χ3v) is 4.11. The van der Waals surface area contributed by atoms with Gasteiger partial charge in [-0.15, -0.1) is 11.3 Å². The third kappa shape index (κ3) is 2.67. The highest BCUT2D eigenvalue weighted by atomic mass is 32.1. The lowest BCUT2D eigenvalue weighted by Gasteiger charge is -2.15. The van der Waals surface area contributed by atoms with Gasteiger partial charge in [-0.05, 0) is 37.1 Å². The van der Waals surface area contributed by atoms with Gasteiger partial charge in [-0.1, -0.05) is 24.3 Å². The molecule has 0 aliphatic carbocycles. The maximum absolute atomic E-state index is 10.8. The molecule has 1 heterocycles. The van der Waals surface area contributed by atoms with Crippen LogP contribution >= 0.6 is 11.3 Å². The quantitative estimate of drug-likeness (QED) is 0.920. The van der Waals surface area contributed by atoms with Crippen molar-refractivity contribution in [2.45, 2.75) is 19.3 Å². The van der Waals surface area contributed by atoms with Gasteiger partial charge in [0.05, 0.1) is 11.5 Å². The average Bonchev–Trinajstić information content (AvgIpc) is 2.88. The highest BCUT2D eigenvalue weighted by Crippen LogP contribution is 2.30. The summed E-state index contributed by atoms with van der Waals surface area (Å²) in [5.74, 6) is -0.904. The summed E-state index contributed by atoms with van der Waals surface area (Å²) in [4.78, 5) is 12.1. The molecule has 0 radical (unpaired) electrons. The Morgan fingerprint density at radius 3 is 2.32 bits per heavy atom. The highest BCUT2D eigenvalue weighted by Gasteiger charge is 2.19. The van der Waals surface area contributed by atoms with Gasteiger partial charge in [0.15, 0.2) is 0 Å². The normalized spacial score (nSPS) is 11.0. The molecule has 0 amide bonds. The lowest BCUT2D eigenvalue weighted by molar-refractivity contribution is 0.0702. The number of benzene rings is 1. The minimum Gasteiger partial charge on any atom is -0.477 e. The molecule has 0 bridgehead atoms. The molecule has 2 aromatic rings. The van der Waals surface area contributed by atoms with Gasteiger partial charge in [0.25, 0.3) is 0 Å². The summed E-state index contributed by atoms with van der Waals surface area (Å²) in [5, 5.41) is 18.0. The van der Waals surface area contributed by atoms with E-state index in [4.69, 9.17) is 10.4 Å². The predicted molar refractivity (Wildman–Crippen MR) is 75.4 cm³/mol. The van der Waals surface area contributed by atoms with E-state index >= 15 is 0 Å². The fourth-order valence-electron chi connectivity index (χ4n) is 1.72. The molecule has 2 rings (SSSR count). The zero-order valence-corrected chi connectivity index (χ0v) is 11.5. The zero-order valence-electron chi connectivity index (χ0n) is 10.7. The predicted octanol–water partition coefficient (Wildman–Crippen LogP) is 3.91. The molecule has 0 aliphatic heterocycles. The average molecular weight is 271 g/mol. The minimum absolute atomic E-state index is 0.330. The Balaban J connectivity index is 2.33. The Morgan fingerprint density at radius 2 is 1.84 bits per heavy atom. The van der Waals surface area contributed by atoms with Crippen LogP contribution in [0.25, 0.3) is 10.4 Å². The van der Waals surface area contributed by atoms with E-state index in [-0.39, 0.29) is 0 Å². The molecule has 0 atom stereocenters. The zero-order chi connectivity index (χ0) is 14.0. The molecule has 1 N–H and O–H groups in total. The van der Waals surface area contributed by atoms with Crippen LogP contribution in [0.15, 0.2) is 36.4 Å². The molecule has 0 unspecified atom stereocenters. The van der Waals surface area contributed by atoms with Crippen molar-refractivity contribution in [1.29, 1.82) is 5.26 Å². The molecule has 0 saturated carbocycles. The van der Waals surface area contributed by atoms with Crippen LogP contribution in [0.1, 0.15) is 29.1 Å². The molecule has 3 nitrogen and oxygen atoms in total. The fraction of sp³-hybridized carbons (Fsp3) is 0.200. The summed E-state index contributed by atoms with van der Waals surface area (Å²) >= 11 is 1.25. The van der Waals surface area contributed by atoms with Crippen LogP contribution in [0.4, 0.5) is 0 Å². The Kier molecular flexibility index (Phi) is 3.41. The van der Waals surface area contributed by atoms with Crippen molar-refractivity contribution >= 4 is 17.3 Å². The van der Waals surface area contributed by atoms with Gasteiger partial charge in [0.2, 0.25) is 0 Å². The summed E-state index contributed by atoms with van der Waals surface area (Å²) < 4.78 is 0. The minimum atomic E-state index is -0.904. The lowest BCUT2D eigenvalue weighted by atomic mass is 9.86. The number of carboxylic acids is 1. The fourth-order valence-corrected chi connectivity index (χ4v) is 2.57. The van der Waals surface area contributed by atoms with Crippen LogP contribution in [0.5, 0.6) is 0 Å². The number of carboxylic acid groups (broad SMARTS) is 1. The SMILES string of the molecule is CC(C)(C#N)c1ccc(-c2ccc(C(=O)O)s2)cc1. The van der Waals surface area contributed by atoms with Gasteiger partial charge < -0.3 is 5.11 Å². The van der Waals surface area contributed by atoms with Crippen LogP contribution in [0, 0.1) is 11.3 Å². The van der Waals surface area contributed by atoms with Crippen molar-refractivity contribution in [3.63, 3.8) is 0 Å². The summed E-state index contributed by atoms with van der Waals surface area (Å²) in [6.45, 7) is 3.74. The van der Waals surface area contributed by atoms with Crippen LogP contribution in [-0.4, -0.2) is 11.1 Å². The van der Waals surface area contributed by atoms with E-state index in [9.17, 15) is 4.79 Å². The van der Waals surface area contributed by atoms with Crippen LogP contribution in [0.2, 0.25) is 0 Å². The lowest BCUT2D eigenvalue weighted by Crippen LogP contribution is -2.13. The van der Waals surface area contributed by atoms with Gasteiger partial charge in [-0.25, -0.2) is 4.79 Å². The second-order valence-corrected chi connectivity index (χ2v) is 5.87. The van der Waals surface area contributed by atoms with Gasteiger partial charge in [-0.2, -0.15) is 5.26 Å². The summed E-state index contributed by atoms with van der Waals surface area (Å²) in [6, 6.07) is 13.3. The van der Waals surface area contributed by atoms with Crippen molar-refractivity contribution in [1.82, 2.24) is 0 Å². The van der Waals surface area contributed by atoms with E-state index in [0.29, 0.717) is 4.88 Å². The molecular weight excluding hydrogens is 258 g/mol. The number of hydrogen-bond acceptors (Lipinski definition) is 3. The number of aromatic carboxylic acids is 1. The van der Waals surface area contributed by atoms with Crippen molar-refractivity contribution < 1.29 is 9.90 Å². The van der Waals surface area contributed by atoms with Crippen molar-refractivity contribution in [3.05, 3.63) is 46.8 Å². The first-order valence-electron chi connectivity index (χ1n) is 5.79. The number of nitriles is 1. The molecule has 0 saturated heterocycles. The summed E-state index contributed by atoms with van der Waals surface area (Å²) in [6.07, 6.45) is 0. The van der Waals surface area contributed by atoms with Gasteiger partial charge >= 0.3 is 5.97 Å². The van der Waals surface area contributed by atoms with Gasteiger partial charge in [-0.3, -0.25) is 0 Å². The van der Waals surface area contributed by atoms with Crippen molar-refractivity contribution in [3.8, 4) is 16.5 Å². The smallest absolute Gasteiger partial charge is 0.345 e. The monoisotopic (exact) mass is 271 g/mol.